The van der Waals surface area contributed by atoms with E-state index in [0.717, 1.165) is 41.9 Å². The van der Waals surface area contributed by atoms with E-state index in [9.17, 15) is 4.79 Å². The molecule has 29 heavy (non-hydrogen) atoms. The average Bonchev–Trinajstić information content (AvgIpc) is 3.24. The van der Waals surface area contributed by atoms with Gasteiger partial charge in [-0.15, -0.1) is 11.3 Å². The molecule has 154 valence electrons. The molecule has 5 nitrogen and oxygen atoms in total. The van der Waals surface area contributed by atoms with E-state index >= 15 is 0 Å². The highest BCUT2D eigenvalue weighted by Gasteiger charge is 2.23. The van der Waals surface area contributed by atoms with Gasteiger partial charge in [-0.05, 0) is 51.8 Å². The Kier molecular flexibility index (Phi) is 7.11. The van der Waals surface area contributed by atoms with E-state index in [1.165, 1.54) is 23.1 Å². The molecule has 3 N–H and O–H groups in total. The average molecular weight is 431 g/mol. The predicted molar refractivity (Wildman–Crippen MR) is 121 cm³/mol. The lowest BCUT2D eigenvalue weighted by atomic mass is 10.1. The van der Waals surface area contributed by atoms with Crippen LogP contribution in [0.5, 0.6) is 0 Å². The second-order valence-electron chi connectivity index (χ2n) is 7.18. The van der Waals surface area contributed by atoms with Gasteiger partial charge in [-0.3, -0.25) is 9.48 Å². The quantitative estimate of drug-likeness (QED) is 0.641. The van der Waals surface area contributed by atoms with Crippen LogP contribution in [0.1, 0.15) is 39.0 Å². The number of hydrogen-bond acceptors (Lipinski definition) is 4. The lowest BCUT2D eigenvalue weighted by Gasteiger charge is -2.13. The van der Waals surface area contributed by atoms with Crippen LogP contribution in [0, 0.1) is 6.92 Å². The highest BCUT2D eigenvalue weighted by Crippen LogP contribution is 2.38. The summed E-state index contributed by atoms with van der Waals surface area (Å²) in [5.74, 6) is -0.0186. The number of nitrogens with one attached hydrogen (secondary N) is 1. The molecule has 0 saturated heterocycles. The number of aromatic nitrogens is 2. The fraction of sp³-hybridized carbons (Fsp3) is 0.364. The van der Waals surface area contributed by atoms with Crippen LogP contribution >= 0.6 is 22.9 Å². The summed E-state index contributed by atoms with van der Waals surface area (Å²) in [6.45, 7) is 4.98. The van der Waals surface area contributed by atoms with Gasteiger partial charge in [0.25, 0.3) is 5.91 Å². The topological polar surface area (TPSA) is 72.9 Å². The van der Waals surface area contributed by atoms with E-state index in [1.807, 2.05) is 17.7 Å². The van der Waals surface area contributed by atoms with Gasteiger partial charge in [-0.1, -0.05) is 41.4 Å². The molecule has 7 heteroatoms. The van der Waals surface area contributed by atoms with Gasteiger partial charge in [0.2, 0.25) is 0 Å². The minimum Gasteiger partial charge on any atom is -0.349 e. The summed E-state index contributed by atoms with van der Waals surface area (Å²) in [7, 11) is 1.50. The monoisotopic (exact) mass is 430 g/mol. The Morgan fingerprint density at radius 2 is 2.07 bits per heavy atom. The molecule has 0 bridgehead atoms. The number of carbonyl (C=O) groups excluding carboxylic acids is 1. The molecule has 0 saturated carbocycles. The summed E-state index contributed by atoms with van der Waals surface area (Å²) >= 11 is 7.92. The van der Waals surface area contributed by atoms with Crippen LogP contribution in [0.15, 0.2) is 36.5 Å². The Balaban J connectivity index is 0.00000117. The highest BCUT2D eigenvalue weighted by atomic mass is 35.5. The molecular weight excluding hydrogens is 404 g/mol. The molecule has 3 aromatic rings. The summed E-state index contributed by atoms with van der Waals surface area (Å²) in [4.78, 5) is 14.7. The van der Waals surface area contributed by atoms with Crippen molar-refractivity contribution in [1.82, 2.24) is 15.1 Å². The van der Waals surface area contributed by atoms with E-state index in [4.69, 9.17) is 11.6 Å². The van der Waals surface area contributed by atoms with Crippen LogP contribution in [-0.4, -0.2) is 28.8 Å². The molecule has 1 atom stereocenters. The van der Waals surface area contributed by atoms with Gasteiger partial charge in [0, 0.05) is 23.0 Å². The number of carbonyl (C=O) groups is 1. The van der Waals surface area contributed by atoms with Crippen molar-refractivity contribution >= 4 is 28.8 Å². The van der Waals surface area contributed by atoms with Crippen LogP contribution in [0.3, 0.4) is 0 Å². The van der Waals surface area contributed by atoms with E-state index in [1.54, 1.807) is 17.5 Å². The van der Waals surface area contributed by atoms with Gasteiger partial charge in [0.05, 0.1) is 21.8 Å². The first-order valence-corrected chi connectivity index (χ1v) is 11.0. The predicted octanol–water partition coefficient (Wildman–Crippen LogP) is 4.46. The van der Waals surface area contributed by atoms with Crippen molar-refractivity contribution < 1.29 is 4.79 Å². The maximum atomic E-state index is 12.8. The van der Waals surface area contributed by atoms with E-state index < -0.39 is 0 Å². The molecule has 1 unspecified atom stereocenters. The Morgan fingerprint density at radius 1 is 1.34 bits per heavy atom. The van der Waals surface area contributed by atoms with E-state index in [0.29, 0.717) is 5.02 Å². The first kappa shape index (κ1) is 21.6. The molecule has 0 radical (unpaired) electrons. The van der Waals surface area contributed by atoms with Gasteiger partial charge < -0.3 is 11.1 Å². The summed E-state index contributed by atoms with van der Waals surface area (Å²) in [6.07, 6.45) is 4.46. The Morgan fingerprint density at radius 3 is 2.79 bits per heavy atom. The zero-order valence-electron chi connectivity index (χ0n) is 17.0. The normalized spacial score (nSPS) is 13.4. The van der Waals surface area contributed by atoms with Gasteiger partial charge in [0.1, 0.15) is 0 Å². The molecule has 1 aliphatic rings. The minimum absolute atomic E-state index is 0.0186. The maximum absolute atomic E-state index is 12.8. The summed E-state index contributed by atoms with van der Waals surface area (Å²) < 4.78 is 1.95. The van der Waals surface area contributed by atoms with Gasteiger partial charge in [-0.2, -0.15) is 5.10 Å². The Bertz CT molecular complexity index is 977. The lowest BCUT2D eigenvalue weighted by molar-refractivity contribution is 0.0944. The van der Waals surface area contributed by atoms with Crippen LogP contribution < -0.4 is 11.1 Å². The van der Waals surface area contributed by atoms with Crippen molar-refractivity contribution in [2.75, 3.05) is 7.05 Å². The van der Waals surface area contributed by atoms with Gasteiger partial charge >= 0.3 is 0 Å². The second-order valence-corrected chi connectivity index (χ2v) is 8.72. The number of aryl methyl sites for hydroxylation is 3. The van der Waals surface area contributed by atoms with Crippen molar-refractivity contribution in [2.45, 2.75) is 45.7 Å². The van der Waals surface area contributed by atoms with Crippen molar-refractivity contribution in [3.8, 4) is 11.3 Å². The van der Waals surface area contributed by atoms with Gasteiger partial charge in [-0.25, -0.2) is 0 Å². The second kappa shape index (κ2) is 9.57. The first-order chi connectivity index (χ1) is 14.0. The fourth-order valence-electron chi connectivity index (χ4n) is 3.54. The molecule has 0 fully saturated rings. The number of thiophene rings is 1. The number of halogens is 1. The maximum Gasteiger partial charge on any atom is 0.261 e. The third-order valence-corrected chi connectivity index (χ3v) is 6.37. The van der Waals surface area contributed by atoms with Crippen molar-refractivity contribution in [3.63, 3.8) is 0 Å². The number of nitrogens with two attached hydrogens (primary N) is 1. The standard InChI is InChI=1S/C21H22ClN3OS.CH5N/c1-13-5-7-15(8-6-13)10-14(2)24-21(26)19-11-16-18(27-19)4-3-9-25-20(16)17(22)12-23-25;1-2/h5-8,11-12,14H,3-4,9-10H2,1-2H3,(H,24,26);2H2,1H3. The fourth-order valence-corrected chi connectivity index (χ4v) is 4.89. The molecule has 2 aromatic heterocycles. The largest absolute Gasteiger partial charge is 0.349 e. The third kappa shape index (κ3) is 4.89. The molecule has 1 aliphatic heterocycles. The molecule has 1 aromatic carbocycles. The van der Waals surface area contributed by atoms with Crippen LogP contribution in [0.4, 0.5) is 0 Å². The summed E-state index contributed by atoms with van der Waals surface area (Å²) in [6, 6.07) is 10.5. The molecular formula is C22H27ClN4OS. The number of fused-ring (bicyclic) bond motifs is 3. The Labute approximate surface area is 180 Å². The SMILES string of the molecule is CN.Cc1ccc(CC(C)NC(=O)c2cc3c(s2)CCCn2ncc(Cl)c2-3)cc1. The van der Waals surface area contributed by atoms with Crippen LogP contribution in [-0.2, 0) is 19.4 Å². The molecule has 1 amide bonds. The summed E-state index contributed by atoms with van der Waals surface area (Å²) in [5.41, 5.74) is 8.96. The number of rotatable bonds is 4. The number of nitrogens with zero attached hydrogens (tertiary/aromatic N) is 2. The highest BCUT2D eigenvalue weighted by molar-refractivity contribution is 7.14. The Hall–Kier alpha value is -2.15. The minimum atomic E-state index is -0.0186. The zero-order chi connectivity index (χ0) is 21.0. The van der Waals surface area contributed by atoms with Crippen LogP contribution in [0.25, 0.3) is 11.3 Å². The number of benzene rings is 1. The van der Waals surface area contributed by atoms with Crippen molar-refractivity contribution in [3.05, 3.63) is 62.4 Å². The van der Waals surface area contributed by atoms with E-state index in [-0.39, 0.29) is 11.9 Å². The zero-order valence-corrected chi connectivity index (χ0v) is 18.6. The molecule has 0 spiro atoms. The first-order valence-electron chi connectivity index (χ1n) is 9.80. The molecule has 4 rings (SSSR count). The molecule has 3 heterocycles. The summed E-state index contributed by atoms with van der Waals surface area (Å²) in [5, 5.41) is 8.14. The van der Waals surface area contributed by atoms with Gasteiger partial charge in [0.15, 0.2) is 0 Å². The molecule has 0 aliphatic carbocycles. The third-order valence-electron chi connectivity index (χ3n) is 4.90. The van der Waals surface area contributed by atoms with E-state index in [2.05, 4.69) is 47.3 Å². The van der Waals surface area contributed by atoms with Crippen molar-refractivity contribution in [1.29, 1.82) is 0 Å². The lowest BCUT2D eigenvalue weighted by Crippen LogP contribution is -2.33. The van der Waals surface area contributed by atoms with Crippen molar-refractivity contribution in [2.24, 2.45) is 5.73 Å². The number of amides is 1. The smallest absolute Gasteiger partial charge is 0.261 e. The number of hydrogen-bond donors (Lipinski definition) is 2. The van der Waals surface area contributed by atoms with Crippen LogP contribution in [0.2, 0.25) is 5.02 Å².